The van der Waals surface area contributed by atoms with E-state index in [-0.39, 0.29) is 0 Å². The summed E-state index contributed by atoms with van der Waals surface area (Å²) in [5.74, 6) is 1.04. The lowest BCUT2D eigenvalue weighted by atomic mass is 10.1. The fourth-order valence-electron chi connectivity index (χ4n) is 2.92. The van der Waals surface area contributed by atoms with Gasteiger partial charge in [0.05, 0.1) is 0 Å². The average molecular weight is 182 g/mol. The number of nitrogens with zero attached hydrogens (tertiary/aromatic N) is 1. The van der Waals surface area contributed by atoms with Crippen LogP contribution in [0.4, 0.5) is 0 Å². The maximum Gasteiger partial charge on any atom is 0.00985 e. The zero-order chi connectivity index (χ0) is 9.26. The van der Waals surface area contributed by atoms with Crippen molar-refractivity contribution in [3.63, 3.8) is 0 Å². The molecule has 76 valence electrons. The minimum absolute atomic E-state index is 0.389. The summed E-state index contributed by atoms with van der Waals surface area (Å²) in [7, 11) is 0. The molecule has 0 amide bonds. The normalized spacial score (nSPS) is 35.5. The van der Waals surface area contributed by atoms with Gasteiger partial charge >= 0.3 is 0 Å². The summed E-state index contributed by atoms with van der Waals surface area (Å²) in [5.41, 5.74) is 5.73. The summed E-state index contributed by atoms with van der Waals surface area (Å²) >= 11 is 0. The molecule has 2 nitrogen and oxygen atoms in total. The summed E-state index contributed by atoms with van der Waals surface area (Å²) in [6.07, 6.45) is 6.92. The van der Waals surface area contributed by atoms with Crippen molar-refractivity contribution in [1.29, 1.82) is 0 Å². The Bertz CT molecular complexity index is 167. The van der Waals surface area contributed by atoms with Crippen LogP contribution in [0.5, 0.6) is 0 Å². The largest absolute Gasteiger partial charge is 0.328 e. The van der Waals surface area contributed by atoms with Crippen molar-refractivity contribution in [2.45, 2.75) is 51.1 Å². The summed E-state index contributed by atoms with van der Waals surface area (Å²) < 4.78 is 0. The van der Waals surface area contributed by atoms with Gasteiger partial charge in [-0.25, -0.2) is 0 Å². The highest BCUT2D eigenvalue weighted by Gasteiger charge is 2.36. The highest BCUT2D eigenvalue weighted by Crippen LogP contribution is 2.37. The number of fused-ring (bicyclic) bond motifs is 2. The van der Waals surface area contributed by atoms with Crippen molar-refractivity contribution in [2.75, 3.05) is 13.1 Å². The molecule has 3 atom stereocenters. The molecule has 2 N–H and O–H groups in total. The second kappa shape index (κ2) is 3.97. The summed E-state index contributed by atoms with van der Waals surface area (Å²) in [6.45, 7) is 4.78. The van der Waals surface area contributed by atoms with Crippen LogP contribution in [0.2, 0.25) is 0 Å². The van der Waals surface area contributed by atoms with Crippen LogP contribution in [0.15, 0.2) is 0 Å². The van der Waals surface area contributed by atoms with Gasteiger partial charge in [-0.05, 0) is 51.5 Å². The van der Waals surface area contributed by atoms with E-state index < -0.39 is 0 Å². The van der Waals surface area contributed by atoms with E-state index in [4.69, 9.17) is 5.73 Å². The second-order valence-corrected chi connectivity index (χ2v) is 4.95. The zero-order valence-electron chi connectivity index (χ0n) is 8.71. The number of hydrogen-bond acceptors (Lipinski definition) is 2. The van der Waals surface area contributed by atoms with Crippen molar-refractivity contribution in [3.05, 3.63) is 0 Å². The van der Waals surface area contributed by atoms with Gasteiger partial charge in [-0.1, -0.05) is 0 Å². The minimum atomic E-state index is 0.389. The molecule has 1 aliphatic heterocycles. The predicted octanol–water partition coefficient (Wildman–Crippen LogP) is 1.60. The van der Waals surface area contributed by atoms with Crippen LogP contribution in [0, 0.1) is 5.92 Å². The molecule has 2 heteroatoms. The van der Waals surface area contributed by atoms with Crippen LogP contribution in [0.3, 0.4) is 0 Å². The molecule has 2 bridgehead atoms. The Kier molecular flexibility index (Phi) is 2.89. The van der Waals surface area contributed by atoms with Gasteiger partial charge in [0.1, 0.15) is 0 Å². The quantitative estimate of drug-likeness (QED) is 0.715. The van der Waals surface area contributed by atoms with Crippen LogP contribution in [-0.2, 0) is 0 Å². The van der Waals surface area contributed by atoms with Gasteiger partial charge in [0, 0.05) is 18.6 Å². The molecule has 2 aliphatic rings. The van der Waals surface area contributed by atoms with Gasteiger partial charge in [-0.2, -0.15) is 0 Å². The third-order valence-electron chi connectivity index (χ3n) is 3.63. The first kappa shape index (κ1) is 9.47. The Morgan fingerprint density at radius 1 is 1.46 bits per heavy atom. The van der Waals surface area contributed by atoms with E-state index in [2.05, 4.69) is 11.8 Å². The standard InChI is InChI=1S/C11H22N2/c1-9(12)3-2-6-13-8-10-4-5-11(13)7-10/h9-11H,2-8,12H2,1H3. The number of rotatable bonds is 4. The van der Waals surface area contributed by atoms with Crippen LogP contribution in [0.1, 0.15) is 39.0 Å². The first-order valence-corrected chi connectivity index (χ1v) is 5.75. The Morgan fingerprint density at radius 2 is 2.31 bits per heavy atom. The molecule has 0 radical (unpaired) electrons. The maximum atomic E-state index is 5.73. The molecule has 2 rings (SSSR count). The molecule has 1 aliphatic carbocycles. The molecule has 3 unspecified atom stereocenters. The third-order valence-corrected chi connectivity index (χ3v) is 3.63. The lowest BCUT2D eigenvalue weighted by molar-refractivity contribution is 0.208. The Labute approximate surface area is 81.5 Å². The molecule has 0 spiro atoms. The van der Waals surface area contributed by atoms with E-state index in [1.54, 1.807) is 0 Å². The molecular weight excluding hydrogens is 160 g/mol. The van der Waals surface area contributed by atoms with Gasteiger partial charge < -0.3 is 10.6 Å². The van der Waals surface area contributed by atoms with Gasteiger partial charge in [0.2, 0.25) is 0 Å². The van der Waals surface area contributed by atoms with Crippen molar-refractivity contribution < 1.29 is 0 Å². The van der Waals surface area contributed by atoms with Gasteiger partial charge in [-0.3, -0.25) is 0 Å². The highest BCUT2D eigenvalue weighted by molar-refractivity contribution is 4.91. The van der Waals surface area contributed by atoms with Gasteiger partial charge in [0.25, 0.3) is 0 Å². The first-order valence-electron chi connectivity index (χ1n) is 5.75. The smallest absolute Gasteiger partial charge is 0.00985 e. The van der Waals surface area contributed by atoms with Crippen LogP contribution < -0.4 is 5.73 Å². The fraction of sp³-hybridized carbons (Fsp3) is 1.00. The molecule has 0 aromatic rings. The lowest BCUT2D eigenvalue weighted by Gasteiger charge is -2.26. The molecule has 2 fully saturated rings. The molecule has 0 aromatic heterocycles. The minimum Gasteiger partial charge on any atom is -0.328 e. The molecule has 13 heavy (non-hydrogen) atoms. The second-order valence-electron chi connectivity index (χ2n) is 4.95. The van der Waals surface area contributed by atoms with E-state index >= 15 is 0 Å². The van der Waals surface area contributed by atoms with Gasteiger partial charge in [0.15, 0.2) is 0 Å². The predicted molar refractivity (Wildman–Crippen MR) is 55.6 cm³/mol. The van der Waals surface area contributed by atoms with E-state index in [9.17, 15) is 0 Å². The van der Waals surface area contributed by atoms with Crippen LogP contribution in [-0.4, -0.2) is 30.1 Å². The van der Waals surface area contributed by atoms with Crippen LogP contribution >= 0.6 is 0 Å². The Morgan fingerprint density at radius 3 is 2.85 bits per heavy atom. The van der Waals surface area contributed by atoms with Gasteiger partial charge in [-0.15, -0.1) is 0 Å². The molecular formula is C11H22N2. The SMILES string of the molecule is CC(N)CCCN1CC2CCC1C2. The third kappa shape index (κ3) is 2.23. The van der Waals surface area contributed by atoms with E-state index in [0.29, 0.717) is 6.04 Å². The van der Waals surface area contributed by atoms with Crippen molar-refractivity contribution in [2.24, 2.45) is 11.7 Å². The summed E-state index contributed by atoms with van der Waals surface area (Å²) in [6, 6.07) is 1.33. The van der Waals surface area contributed by atoms with E-state index in [1.165, 1.54) is 45.2 Å². The van der Waals surface area contributed by atoms with E-state index in [0.717, 1.165) is 12.0 Å². The maximum absolute atomic E-state index is 5.73. The Balaban J connectivity index is 1.66. The highest BCUT2D eigenvalue weighted by atomic mass is 15.2. The van der Waals surface area contributed by atoms with E-state index in [1.807, 2.05) is 0 Å². The lowest BCUT2D eigenvalue weighted by Crippen LogP contribution is -2.33. The molecule has 0 aromatic carbocycles. The number of piperidine rings is 1. The van der Waals surface area contributed by atoms with Crippen molar-refractivity contribution >= 4 is 0 Å². The number of hydrogen-bond donors (Lipinski definition) is 1. The summed E-state index contributed by atoms with van der Waals surface area (Å²) in [4.78, 5) is 2.69. The van der Waals surface area contributed by atoms with Crippen molar-refractivity contribution in [1.82, 2.24) is 4.90 Å². The average Bonchev–Trinajstić information content (AvgIpc) is 2.64. The Hall–Kier alpha value is -0.0800. The zero-order valence-corrected chi connectivity index (χ0v) is 8.71. The topological polar surface area (TPSA) is 29.3 Å². The molecule has 1 saturated heterocycles. The fourth-order valence-corrected chi connectivity index (χ4v) is 2.92. The first-order chi connectivity index (χ1) is 6.25. The van der Waals surface area contributed by atoms with Crippen LogP contribution in [0.25, 0.3) is 0 Å². The molecule has 1 heterocycles. The number of nitrogens with two attached hydrogens (primary N) is 1. The number of likely N-dealkylation sites (tertiary alicyclic amines) is 1. The monoisotopic (exact) mass is 182 g/mol. The molecule has 1 saturated carbocycles. The summed E-state index contributed by atoms with van der Waals surface area (Å²) in [5, 5.41) is 0. The van der Waals surface area contributed by atoms with Crippen molar-refractivity contribution in [3.8, 4) is 0 Å².